The number of carbonyl (C=O) groups excluding carboxylic acids is 1. The van der Waals surface area contributed by atoms with Crippen molar-refractivity contribution in [2.24, 2.45) is 0 Å². The summed E-state index contributed by atoms with van der Waals surface area (Å²) < 4.78 is 43.5. The van der Waals surface area contributed by atoms with Crippen LogP contribution in [-0.4, -0.2) is 34.7 Å². The molecule has 196 valence electrons. The molecule has 1 amide bonds. The van der Waals surface area contributed by atoms with Gasteiger partial charge in [0.1, 0.15) is 17.1 Å². The molecule has 4 aromatic heterocycles. The summed E-state index contributed by atoms with van der Waals surface area (Å²) in [5.74, 6) is 1.48. The highest BCUT2D eigenvalue weighted by Crippen LogP contribution is 2.35. The van der Waals surface area contributed by atoms with Crippen molar-refractivity contribution < 1.29 is 26.6 Å². The summed E-state index contributed by atoms with van der Waals surface area (Å²) in [6.07, 6.45) is 3.66. The van der Waals surface area contributed by atoms with Crippen LogP contribution in [0.2, 0.25) is 0 Å². The number of benzene rings is 1. The Morgan fingerprint density at radius 1 is 1.08 bits per heavy atom. The second-order valence-corrected chi connectivity index (χ2v) is 11.1. The minimum Gasteiger partial charge on any atom is -0.463 e. The molecule has 0 saturated heterocycles. The number of aromatic amines is 1. The van der Waals surface area contributed by atoms with Crippen LogP contribution in [0.25, 0.3) is 22.9 Å². The van der Waals surface area contributed by atoms with Gasteiger partial charge in [-0.2, -0.15) is 0 Å². The van der Waals surface area contributed by atoms with Gasteiger partial charge in [-0.1, -0.05) is 23.8 Å². The third-order valence-electron chi connectivity index (χ3n) is 5.42. The zero-order valence-electron chi connectivity index (χ0n) is 20.3. The van der Waals surface area contributed by atoms with E-state index in [0.717, 1.165) is 0 Å². The standard InChI is InChI=1S/C25H23N5O6S2/c1-3-20(37-25-27-22(18-6-4-12-34-18)23(28-25)19-7-5-13-35-19)24(31)26-16-8-10-17(11-9-16)38(32,33)30-21-14-15(2)36-29-21/h4-14,20H,3H2,1-2H3,(H,26,31)(H,27,28)(H,29,30). The number of anilines is 2. The highest BCUT2D eigenvalue weighted by molar-refractivity contribution is 8.00. The molecule has 4 heterocycles. The first-order chi connectivity index (χ1) is 18.3. The van der Waals surface area contributed by atoms with E-state index in [1.807, 2.05) is 13.0 Å². The zero-order chi connectivity index (χ0) is 26.7. The number of carbonyl (C=O) groups is 1. The molecule has 1 atom stereocenters. The van der Waals surface area contributed by atoms with Crippen molar-refractivity contribution in [3.05, 3.63) is 72.9 Å². The molecule has 38 heavy (non-hydrogen) atoms. The lowest BCUT2D eigenvalue weighted by Crippen LogP contribution is -2.24. The SMILES string of the molecule is CCC(Sc1nc(-c2ccco2)c(-c2ccco2)[nH]1)C(=O)Nc1ccc(S(=O)(=O)Nc2cc(C)on2)cc1. The molecule has 0 spiro atoms. The normalized spacial score (nSPS) is 12.4. The van der Waals surface area contributed by atoms with Crippen LogP contribution < -0.4 is 10.0 Å². The van der Waals surface area contributed by atoms with Gasteiger partial charge < -0.3 is 23.7 Å². The highest BCUT2D eigenvalue weighted by Gasteiger charge is 2.24. The topological polar surface area (TPSA) is 156 Å². The largest absolute Gasteiger partial charge is 0.463 e. The first kappa shape index (κ1) is 25.4. The van der Waals surface area contributed by atoms with E-state index in [0.29, 0.717) is 45.9 Å². The monoisotopic (exact) mass is 553 g/mol. The van der Waals surface area contributed by atoms with Crippen LogP contribution in [0.1, 0.15) is 19.1 Å². The van der Waals surface area contributed by atoms with Crippen LogP contribution in [-0.2, 0) is 14.8 Å². The fraction of sp³-hybridized carbons (Fsp3) is 0.160. The van der Waals surface area contributed by atoms with Gasteiger partial charge in [0.05, 0.1) is 22.7 Å². The molecule has 1 aromatic carbocycles. The van der Waals surface area contributed by atoms with Gasteiger partial charge in [0, 0.05) is 11.8 Å². The van der Waals surface area contributed by atoms with Crippen LogP contribution in [0.5, 0.6) is 0 Å². The number of furan rings is 2. The molecular weight excluding hydrogens is 530 g/mol. The van der Waals surface area contributed by atoms with Crippen molar-refractivity contribution in [3.63, 3.8) is 0 Å². The average Bonchev–Trinajstić information content (AvgIpc) is 3.70. The molecule has 5 aromatic rings. The van der Waals surface area contributed by atoms with Gasteiger partial charge in [-0.15, -0.1) is 0 Å². The maximum atomic E-state index is 13.1. The summed E-state index contributed by atoms with van der Waals surface area (Å²) in [5, 5.41) is 6.53. The predicted octanol–water partition coefficient (Wildman–Crippen LogP) is 5.54. The molecule has 0 aliphatic carbocycles. The molecule has 0 radical (unpaired) electrons. The summed E-state index contributed by atoms with van der Waals surface area (Å²) in [6.45, 7) is 3.56. The van der Waals surface area contributed by atoms with Gasteiger partial charge in [-0.3, -0.25) is 9.52 Å². The maximum Gasteiger partial charge on any atom is 0.263 e. The molecule has 11 nitrogen and oxygen atoms in total. The number of rotatable bonds is 10. The molecule has 0 aliphatic heterocycles. The van der Waals surface area contributed by atoms with Crippen LogP contribution in [0.4, 0.5) is 11.5 Å². The highest BCUT2D eigenvalue weighted by atomic mass is 32.2. The lowest BCUT2D eigenvalue weighted by Gasteiger charge is -2.14. The number of nitrogens with one attached hydrogen (secondary N) is 3. The Labute approximate surface area is 222 Å². The van der Waals surface area contributed by atoms with Gasteiger partial charge in [-0.25, -0.2) is 13.4 Å². The zero-order valence-corrected chi connectivity index (χ0v) is 21.9. The average molecular weight is 554 g/mol. The van der Waals surface area contributed by atoms with E-state index in [-0.39, 0.29) is 16.6 Å². The molecule has 0 aliphatic rings. The lowest BCUT2D eigenvalue weighted by molar-refractivity contribution is -0.115. The van der Waals surface area contributed by atoms with Crippen LogP contribution in [0, 0.1) is 6.92 Å². The Morgan fingerprint density at radius 2 is 1.79 bits per heavy atom. The smallest absolute Gasteiger partial charge is 0.263 e. The van der Waals surface area contributed by atoms with E-state index in [2.05, 4.69) is 25.2 Å². The third-order valence-corrected chi connectivity index (χ3v) is 8.04. The minimum atomic E-state index is -3.86. The minimum absolute atomic E-state index is 0.0177. The van der Waals surface area contributed by atoms with E-state index in [1.54, 1.807) is 37.6 Å². The second kappa shape index (κ2) is 10.6. The van der Waals surface area contributed by atoms with E-state index in [1.165, 1.54) is 42.1 Å². The first-order valence-electron chi connectivity index (χ1n) is 11.5. The van der Waals surface area contributed by atoms with E-state index in [9.17, 15) is 13.2 Å². The van der Waals surface area contributed by atoms with Gasteiger partial charge in [0.15, 0.2) is 22.5 Å². The third kappa shape index (κ3) is 5.53. The Kier molecular flexibility index (Phi) is 7.11. The van der Waals surface area contributed by atoms with Crippen molar-refractivity contribution in [1.82, 2.24) is 15.1 Å². The second-order valence-electron chi connectivity index (χ2n) is 8.18. The fourth-order valence-corrected chi connectivity index (χ4v) is 5.50. The summed E-state index contributed by atoms with van der Waals surface area (Å²) in [6, 6.07) is 14.5. The number of hydrogen-bond donors (Lipinski definition) is 3. The number of amides is 1. The molecule has 13 heteroatoms. The van der Waals surface area contributed by atoms with Crippen molar-refractivity contribution in [2.45, 2.75) is 35.6 Å². The Balaban J connectivity index is 1.28. The molecule has 0 bridgehead atoms. The van der Waals surface area contributed by atoms with Gasteiger partial charge in [0.25, 0.3) is 10.0 Å². The van der Waals surface area contributed by atoms with Crippen molar-refractivity contribution in [2.75, 3.05) is 10.0 Å². The number of aromatic nitrogens is 3. The first-order valence-corrected chi connectivity index (χ1v) is 13.9. The van der Waals surface area contributed by atoms with Crippen LogP contribution in [0.3, 0.4) is 0 Å². The Morgan fingerprint density at radius 3 is 2.39 bits per heavy atom. The molecule has 0 saturated carbocycles. The molecule has 0 fully saturated rings. The summed E-state index contributed by atoms with van der Waals surface area (Å²) in [5.41, 5.74) is 1.68. The number of thioether (sulfide) groups is 1. The van der Waals surface area contributed by atoms with Crippen molar-refractivity contribution in [1.29, 1.82) is 0 Å². The molecular formula is C25H23N5O6S2. The Hall–Kier alpha value is -4.23. The number of hydrogen-bond acceptors (Lipinski definition) is 9. The Bertz CT molecular complexity index is 1570. The van der Waals surface area contributed by atoms with E-state index in [4.69, 9.17) is 13.4 Å². The number of aryl methyl sites for hydroxylation is 1. The summed E-state index contributed by atoms with van der Waals surface area (Å²) in [4.78, 5) is 21.0. The number of nitrogens with zero attached hydrogens (tertiary/aromatic N) is 2. The van der Waals surface area contributed by atoms with Crippen molar-refractivity contribution in [3.8, 4) is 22.9 Å². The van der Waals surface area contributed by atoms with Crippen LogP contribution in [0.15, 0.2) is 90.5 Å². The summed E-state index contributed by atoms with van der Waals surface area (Å²) in [7, 11) is -3.86. The van der Waals surface area contributed by atoms with E-state index < -0.39 is 15.3 Å². The number of imidazole rings is 1. The number of H-pyrrole nitrogens is 1. The van der Waals surface area contributed by atoms with Gasteiger partial charge in [-0.05, 0) is 61.9 Å². The van der Waals surface area contributed by atoms with Crippen molar-refractivity contribution >= 4 is 39.2 Å². The molecule has 1 unspecified atom stereocenters. The summed E-state index contributed by atoms with van der Waals surface area (Å²) >= 11 is 1.27. The maximum absolute atomic E-state index is 13.1. The number of sulfonamides is 1. The predicted molar refractivity (Wildman–Crippen MR) is 141 cm³/mol. The van der Waals surface area contributed by atoms with Gasteiger partial charge >= 0.3 is 0 Å². The lowest BCUT2D eigenvalue weighted by atomic mass is 10.2. The molecule has 3 N–H and O–H groups in total. The quantitative estimate of drug-likeness (QED) is 0.189. The van der Waals surface area contributed by atoms with E-state index >= 15 is 0 Å². The molecule has 5 rings (SSSR count). The van der Waals surface area contributed by atoms with Gasteiger partial charge in [0.2, 0.25) is 5.91 Å². The van der Waals surface area contributed by atoms with Crippen LogP contribution >= 0.6 is 11.8 Å². The fourth-order valence-electron chi connectivity index (χ4n) is 3.61.